The number of halogens is 1. The smallest absolute Gasteiger partial charge is 0.226 e. The number of hydrogen-bond acceptors (Lipinski definition) is 4. The summed E-state index contributed by atoms with van der Waals surface area (Å²) >= 11 is 0. The van der Waals surface area contributed by atoms with Crippen LogP contribution in [0.25, 0.3) is 11.5 Å². The van der Waals surface area contributed by atoms with Crippen LogP contribution in [0.15, 0.2) is 39.9 Å². The third-order valence-electron chi connectivity index (χ3n) is 4.78. The van der Waals surface area contributed by atoms with E-state index < -0.39 is 0 Å². The van der Waals surface area contributed by atoms with Crippen molar-refractivity contribution in [3.05, 3.63) is 41.8 Å². The summed E-state index contributed by atoms with van der Waals surface area (Å²) in [6.07, 6.45) is 1.72. The minimum absolute atomic E-state index is 0. The molecule has 1 aliphatic heterocycles. The number of aryl methyl sites for hydroxylation is 1. The van der Waals surface area contributed by atoms with Gasteiger partial charge in [-0.05, 0) is 25.0 Å². The van der Waals surface area contributed by atoms with Gasteiger partial charge in [0, 0.05) is 45.3 Å². The minimum Gasteiger partial charge on any atom is -0.444 e. The highest BCUT2D eigenvalue weighted by Gasteiger charge is 2.20. The third-order valence-corrected chi connectivity index (χ3v) is 4.78. The van der Waals surface area contributed by atoms with Crippen molar-refractivity contribution >= 4 is 29.9 Å². The molecule has 0 spiro atoms. The molecule has 2 heterocycles. The molecule has 0 amide bonds. The molecule has 0 atom stereocenters. The summed E-state index contributed by atoms with van der Waals surface area (Å²) in [6.45, 7) is 12.6. The fourth-order valence-electron chi connectivity index (χ4n) is 3.38. The Morgan fingerprint density at radius 1 is 1.18 bits per heavy atom. The van der Waals surface area contributed by atoms with E-state index in [9.17, 15) is 0 Å². The molecule has 1 aliphatic rings. The molecule has 1 fully saturated rings. The van der Waals surface area contributed by atoms with Crippen LogP contribution >= 0.6 is 24.0 Å². The second kappa shape index (κ2) is 10.8. The van der Waals surface area contributed by atoms with Gasteiger partial charge < -0.3 is 14.6 Å². The molecule has 28 heavy (non-hydrogen) atoms. The number of nitrogens with zero attached hydrogens (tertiary/aromatic N) is 4. The van der Waals surface area contributed by atoms with Crippen LogP contribution in [0.5, 0.6) is 0 Å². The molecule has 1 saturated heterocycles. The quantitative estimate of drug-likeness (QED) is 0.389. The zero-order chi connectivity index (χ0) is 19.2. The van der Waals surface area contributed by atoms with Crippen LogP contribution in [0.1, 0.15) is 25.1 Å². The highest BCUT2D eigenvalue weighted by molar-refractivity contribution is 14.0. The molecule has 0 radical (unpaired) electrons. The molecule has 154 valence electrons. The van der Waals surface area contributed by atoms with Gasteiger partial charge in [0.15, 0.2) is 5.96 Å². The average molecular weight is 497 g/mol. The summed E-state index contributed by atoms with van der Waals surface area (Å²) in [5, 5.41) is 3.42. The monoisotopic (exact) mass is 497 g/mol. The summed E-state index contributed by atoms with van der Waals surface area (Å²) in [4.78, 5) is 13.9. The maximum Gasteiger partial charge on any atom is 0.226 e. The number of aromatic nitrogens is 1. The Morgan fingerprint density at radius 2 is 1.86 bits per heavy atom. The summed E-state index contributed by atoms with van der Waals surface area (Å²) in [6, 6.07) is 8.21. The van der Waals surface area contributed by atoms with Crippen molar-refractivity contribution in [2.24, 2.45) is 10.9 Å². The Hall–Kier alpha value is -1.61. The molecule has 1 aromatic carbocycles. The lowest BCUT2D eigenvalue weighted by molar-refractivity contribution is 0.164. The van der Waals surface area contributed by atoms with E-state index in [1.165, 1.54) is 12.1 Å². The maximum atomic E-state index is 5.64. The average Bonchev–Trinajstić information content (AvgIpc) is 3.12. The highest BCUT2D eigenvalue weighted by Crippen LogP contribution is 2.19. The number of nitrogens with one attached hydrogen (secondary N) is 1. The van der Waals surface area contributed by atoms with E-state index in [-0.39, 0.29) is 24.0 Å². The van der Waals surface area contributed by atoms with Gasteiger partial charge in [0.1, 0.15) is 6.26 Å². The molecule has 1 N–H and O–H groups in total. The first-order valence-corrected chi connectivity index (χ1v) is 9.74. The zero-order valence-corrected chi connectivity index (χ0v) is 19.6. The molecular weight excluding hydrogens is 465 g/mol. The first kappa shape index (κ1) is 22.7. The molecule has 0 unspecified atom stereocenters. The van der Waals surface area contributed by atoms with Crippen molar-refractivity contribution in [2.75, 3.05) is 39.8 Å². The predicted octanol–water partition coefficient (Wildman–Crippen LogP) is 3.62. The van der Waals surface area contributed by atoms with Crippen molar-refractivity contribution < 1.29 is 4.42 Å². The standard InChI is InChI=1S/C21H31N5O.HI/c1-16(2)14-25-9-11-26(12-10-25)21(22-4)23-13-19-15-27-20(24-19)18-7-5-17(3)6-8-18;/h5-8,15-16H,9-14H2,1-4H3,(H,22,23);1H. The highest BCUT2D eigenvalue weighted by atomic mass is 127. The molecule has 0 bridgehead atoms. The normalized spacial score (nSPS) is 15.6. The van der Waals surface area contributed by atoms with Crippen LogP contribution in [0.2, 0.25) is 0 Å². The van der Waals surface area contributed by atoms with Gasteiger partial charge >= 0.3 is 0 Å². The second-order valence-electron chi connectivity index (χ2n) is 7.59. The van der Waals surface area contributed by atoms with Gasteiger partial charge in [-0.15, -0.1) is 24.0 Å². The van der Waals surface area contributed by atoms with E-state index in [1.54, 1.807) is 6.26 Å². The summed E-state index contributed by atoms with van der Waals surface area (Å²) in [7, 11) is 1.84. The van der Waals surface area contributed by atoms with Crippen molar-refractivity contribution in [1.82, 2.24) is 20.1 Å². The predicted molar refractivity (Wildman–Crippen MR) is 125 cm³/mol. The number of piperazine rings is 1. The first-order chi connectivity index (χ1) is 13.0. The van der Waals surface area contributed by atoms with Gasteiger partial charge in [0.2, 0.25) is 5.89 Å². The Kier molecular flexibility index (Phi) is 8.75. The Morgan fingerprint density at radius 3 is 2.46 bits per heavy atom. The number of hydrogen-bond donors (Lipinski definition) is 1. The summed E-state index contributed by atoms with van der Waals surface area (Å²) in [5.41, 5.74) is 3.10. The molecular formula is C21H32IN5O. The zero-order valence-electron chi connectivity index (χ0n) is 17.3. The minimum atomic E-state index is 0. The number of benzene rings is 1. The largest absolute Gasteiger partial charge is 0.444 e. The SMILES string of the molecule is CN=C(NCc1coc(-c2ccc(C)cc2)n1)N1CCN(CC(C)C)CC1.I. The van der Waals surface area contributed by atoms with Crippen molar-refractivity contribution in [2.45, 2.75) is 27.3 Å². The molecule has 6 nitrogen and oxygen atoms in total. The molecule has 2 aromatic rings. The van der Waals surface area contributed by atoms with E-state index in [2.05, 4.69) is 58.0 Å². The van der Waals surface area contributed by atoms with Crippen molar-refractivity contribution in [3.8, 4) is 11.5 Å². The lowest BCUT2D eigenvalue weighted by atomic mass is 10.1. The van der Waals surface area contributed by atoms with Gasteiger partial charge in [-0.3, -0.25) is 9.89 Å². The van der Waals surface area contributed by atoms with E-state index >= 15 is 0 Å². The Balaban J connectivity index is 0.00000280. The third kappa shape index (κ3) is 6.20. The van der Waals surface area contributed by atoms with E-state index in [0.29, 0.717) is 18.4 Å². The van der Waals surface area contributed by atoms with Gasteiger partial charge in [0.25, 0.3) is 0 Å². The molecule has 1 aromatic heterocycles. The number of rotatable bonds is 5. The van der Waals surface area contributed by atoms with Crippen LogP contribution in [-0.2, 0) is 6.54 Å². The fourth-order valence-corrected chi connectivity index (χ4v) is 3.38. The molecule has 0 saturated carbocycles. The van der Waals surface area contributed by atoms with E-state index in [0.717, 1.165) is 43.4 Å². The summed E-state index contributed by atoms with van der Waals surface area (Å²) in [5.74, 6) is 2.30. The van der Waals surface area contributed by atoms with Crippen LogP contribution in [-0.4, -0.2) is 60.5 Å². The second-order valence-corrected chi connectivity index (χ2v) is 7.59. The number of aliphatic imine (C=N–C) groups is 1. The lowest BCUT2D eigenvalue weighted by Gasteiger charge is -2.37. The van der Waals surface area contributed by atoms with Gasteiger partial charge in [-0.25, -0.2) is 4.98 Å². The molecule has 0 aliphatic carbocycles. The molecule has 7 heteroatoms. The molecule has 3 rings (SSSR count). The number of guanidine groups is 1. The first-order valence-electron chi connectivity index (χ1n) is 9.74. The van der Waals surface area contributed by atoms with Crippen LogP contribution in [0.4, 0.5) is 0 Å². The van der Waals surface area contributed by atoms with Crippen molar-refractivity contribution in [3.63, 3.8) is 0 Å². The van der Waals surface area contributed by atoms with Gasteiger partial charge in [0.05, 0.1) is 12.2 Å². The van der Waals surface area contributed by atoms with Crippen molar-refractivity contribution in [1.29, 1.82) is 0 Å². The van der Waals surface area contributed by atoms with Gasteiger partial charge in [-0.1, -0.05) is 31.5 Å². The Bertz CT molecular complexity index is 748. The Labute approximate surface area is 185 Å². The summed E-state index contributed by atoms with van der Waals surface area (Å²) < 4.78 is 5.64. The van der Waals surface area contributed by atoms with Crippen LogP contribution in [0.3, 0.4) is 0 Å². The maximum absolute atomic E-state index is 5.64. The van der Waals surface area contributed by atoms with Crippen LogP contribution in [0, 0.1) is 12.8 Å². The van der Waals surface area contributed by atoms with Gasteiger partial charge in [-0.2, -0.15) is 0 Å². The van der Waals surface area contributed by atoms with Crippen LogP contribution < -0.4 is 5.32 Å². The van der Waals surface area contributed by atoms with E-state index in [4.69, 9.17) is 4.42 Å². The number of oxazole rings is 1. The topological polar surface area (TPSA) is 56.9 Å². The lowest BCUT2D eigenvalue weighted by Crippen LogP contribution is -2.52. The fraction of sp³-hybridized carbons (Fsp3) is 0.524. The van der Waals surface area contributed by atoms with E-state index in [1.807, 2.05) is 19.2 Å².